The molecule has 148 valence electrons. The molecule has 2 N–H and O–H groups in total. The Hall–Kier alpha value is -3.10. The Bertz CT molecular complexity index is 1080. The van der Waals surface area contributed by atoms with Crippen LogP contribution in [0.15, 0.2) is 60.5 Å². The number of amides is 1. The molecule has 0 bridgehead atoms. The summed E-state index contributed by atoms with van der Waals surface area (Å²) in [4.78, 5) is 26.9. The van der Waals surface area contributed by atoms with Gasteiger partial charge in [0.25, 0.3) is 5.91 Å². The van der Waals surface area contributed by atoms with E-state index in [9.17, 15) is 9.90 Å². The van der Waals surface area contributed by atoms with Gasteiger partial charge >= 0.3 is 0 Å². The molecule has 0 aliphatic rings. The van der Waals surface area contributed by atoms with E-state index in [0.29, 0.717) is 29.8 Å². The summed E-state index contributed by atoms with van der Waals surface area (Å²) in [6.07, 6.45) is 5.75. The Kier molecular flexibility index (Phi) is 5.92. The molecule has 1 amide bonds. The van der Waals surface area contributed by atoms with Crippen molar-refractivity contribution in [2.75, 3.05) is 13.2 Å². The molecule has 0 aliphatic carbocycles. The first kappa shape index (κ1) is 19.2. The molecule has 4 aromatic rings. The van der Waals surface area contributed by atoms with Gasteiger partial charge in [0.2, 0.25) is 0 Å². The fraction of sp³-hybridized carbons (Fsp3) is 0.238. The Morgan fingerprint density at radius 1 is 1.21 bits per heavy atom. The molecule has 1 atom stereocenters. The highest BCUT2D eigenvalue weighted by Crippen LogP contribution is 2.15. The van der Waals surface area contributed by atoms with Gasteiger partial charge in [0.15, 0.2) is 5.65 Å². The lowest BCUT2D eigenvalue weighted by molar-refractivity contribution is 0.0940. The molecule has 29 heavy (non-hydrogen) atoms. The fourth-order valence-corrected chi connectivity index (χ4v) is 3.93. The molecule has 8 heteroatoms. The number of aromatic nitrogens is 4. The van der Waals surface area contributed by atoms with Crippen molar-refractivity contribution in [1.82, 2.24) is 24.8 Å². The highest BCUT2D eigenvalue weighted by Gasteiger charge is 2.14. The minimum Gasteiger partial charge on any atom is -0.396 e. The smallest absolute Gasteiger partial charge is 0.252 e. The molecular weight excluding hydrogens is 386 g/mol. The normalized spacial score (nSPS) is 12.2. The van der Waals surface area contributed by atoms with Crippen LogP contribution in [0.3, 0.4) is 0 Å². The summed E-state index contributed by atoms with van der Waals surface area (Å²) < 4.78 is 1.90. The standard InChI is InChI=1S/C21H21N5O2S/c27-13-15(8-18-5-3-7-29-18)10-24-21(28)16-9-19-20(23-11-16)26(14-25-19)12-17-4-1-2-6-22-17/h1-7,9,11,14-15,27H,8,10,12-13H2,(H,24,28). The molecule has 4 heterocycles. The molecule has 0 fully saturated rings. The van der Waals surface area contributed by atoms with E-state index in [4.69, 9.17) is 0 Å². The van der Waals surface area contributed by atoms with E-state index in [1.165, 1.54) is 4.88 Å². The Balaban J connectivity index is 1.41. The molecule has 0 radical (unpaired) electrons. The number of rotatable bonds is 8. The number of nitrogens with zero attached hydrogens (tertiary/aromatic N) is 4. The number of aliphatic hydroxyl groups is 1. The van der Waals surface area contributed by atoms with Crippen LogP contribution in [-0.2, 0) is 13.0 Å². The van der Waals surface area contributed by atoms with E-state index in [-0.39, 0.29) is 18.4 Å². The quantitative estimate of drug-likeness (QED) is 0.468. The molecule has 0 saturated heterocycles. The zero-order valence-electron chi connectivity index (χ0n) is 15.7. The minimum atomic E-state index is -0.219. The topological polar surface area (TPSA) is 92.9 Å². The van der Waals surface area contributed by atoms with Gasteiger partial charge in [-0.25, -0.2) is 9.97 Å². The summed E-state index contributed by atoms with van der Waals surface area (Å²) in [6, 6.07) is 11.5. The van der Waals surface area contributed by atoms with E-state index in [1.54, 1.807) is 36.1 Å². The number of hydrogen-bond acceptors (Lipinski definition) is 6. The van der Waals surface area contributed by atoms with Crippen molar-refractivity contribution in [3.8, 4) is 0 Å². The second kappa shape index (κ2) is 8.93. The largest absolute Gasteiger partial charge is 0.396 e. The van der Waals surface area contributed by atoms with Crippen molar-refractivity contribution in [2.24, 2.45) is 5.92 Å². The predicted molar refractivity (Wildman–Crippen MR) is 112 cm³/mol. The average molecular weight is 407 g/mol. The monoisotopic (exact) mass is 407 g/mol. The number of carbonyl (C=O) groups excluding carboxylic acids is 1. The number of aliphatic hydroxyl groups excluding tert-OH is 1. The molecular formula is C21H21N5O2S. The van der Waals surface area contributed by atoms with Crippen molar-refractivity contribution in [3.05, 3.63) is 76.6 Å². The SMILES string of the molecule is O=C(NCC(CO)Cc1cccs1)c1cnc2c(c1)ncn2Cc1ccccn1. The molecule has 4 rings (SSSR count). The van der Waals surface area contributed by atoms with Crippen molar-refractivity contribution in [2.45, 2.75) is 13.0 Å². The summed E-state index contributed by atoms with van der Waals surface area (Å²) in [6.45, 7) is 0.990. The van der Waals surface area contributed by atoms with Crippen molar-refractivity contribution in [3.63, 3.8) is 0 Å². The van der Waals surface area contributed by atoms with Gasteiger partial charge < -0.3 is 15.0 Å². The molecule has 0 saturated carbocycles. The first-order chi connectivity index (χ1) is 14.2. The van der Waals surface area contributed by atoms with Crippen LogP contribution in [0.2, 0.25) is 0 Å². The zero-order valence-corrected chi connectivity index (χ0v) is 16.5. The van der Waals surface area contributed by atoms with Crippen molar-refractivity contribution >= 4 is 28.4 Å². The number of thiophene rings is 1. The Morgan fingerprint density at radius 2 is 2.14 bits per heavy atom. The fourth-order valence-electron chi connectivity index (χ4n) is 3.11. The summed E-state index contributed by atoms with van der Waals surface area (Å²) in [5.74, 6) is -0.241. The lowest BCUT2D eigenvalue weighted by atomic mass is 10.1. The van der Waals surface area contributed by atoms with Gasteiger partial charge in [0, 0.05) is 36.3 Å². The average Bonchev–Trinajstić information content (AvgIpc) is 3.41. The number of hydrogen-bond donors (Lipinski definition) is 2. The number of nitrogens with one attached hydrogen (secondary N) is 1. The maximum absolute atomic E-state index is 12.5. The lowest BCUT2D eigenvalue weighted by Gasteiger charge is -2.14. The van der Waals surface area contributed by atoms with E-state index < -0.39 is 0 Å². The number of imidazole rings is 1. The molecule has 7 nitrogen and oxygen atoms in total. The molecule has 4 aromatic heterocycles. The number of pyridine rings is 2. The van der Waals surface area contributed by atoms with E-state index in [1.807, 2.05) is 40.3 Å². The van der Waals surface area contributed by atoms with Crippen molar-refractivity contribution < 1.29 is 9.90 Å². The van der Waals surface area contributed by atoms with E-state index >= 15 is 0 Å². The van der Waals surface area contributed by atoms with Gasteiger partial charge in [-0.1, -0.05) is 12.1 Å². The molecule has 0 spiro atoms. The molecule has 0 aromatic carbocycles. The summed E-state index contributed by atoms with van der Waals surface area (Å²) in [5.41, 5.74) is 2.73. The number of carbonyl (C=O) groups is 1. The van der Waals surface area contributed by atoms with Gasteiger partial charge in [-0.15, -0.1) is 11.3 Å². The van der Waals surface area contributed by atoms with Gasteiger partial charge in [-0.05, 0) is 36.1 Å². The second-order valence-corrected chi connectivity index (χ2v) is 7.83. The minimum absolute atomic E-state index is 0.0212. The molecule has 1 unspecified atom stereocenters. The first-order valence-corrected chi connectivity index (χ1v) is 10.2. The van der Waals surface area contributed by atoms with Gasteiger partial charge in [0.05, 0.1) is 24.1 Å². The van der Waals surface area contributed by atoms with Gasteiger partial charge in [-0.2, -0.15) is 0 Å². The second-order valence-electron chi connectivity index (χ2n) is 6.80. The van der Waals surface area contributed by atoms with Crippen LogP contribution in [0.5, 0.6) is 0 Å². The summed E-state index contributed by atoms with van der Waals surface area (Å²) >= 11 is 1.65. The number of fused-ring (bicyclic) bond motifs is 1. The molecule has 0 aliphatic heterocycles. The van der Waals surface area contributed by atoms with Crippen LogP contribution in [0.4, 0.5) is 0 Å². The zero-order chi connectivity index (χ0) is 20.1. The van der Waals surface area contributed by atoms with Crippen LogP contribution >= 0.6 is 11.3 Å². The maximum atomic E-state index is 12.5. The van der Waals surface area contributed by atoms with Crippen LogP contribution in [0, 0.1) is 5.92 Å². The highest BCUT2D eigenvalue weighted by molar-refractivity contribution is 7.09. The van der Waals surface area contributed by atoms with Crippen LogP contribution < -0.4 is 5.32 Å². The van der Waals surface area contributed by atoms with E-state index in [0.717, 1.165) is 12.1 Å². The van der Waals surface area contributed by atoms with Crippen LogP contribution in [0.25, 0.3) is 11.2 Å². The Labute approximate surface area is 172 Å². The third-order valence-corrected chi connectivity index (χ3v) is 5.55. The highest BCUT2D eigenvalue weighted by atomic mass is 32.1. The van der Waals surface area contributed by atoms with Crippen LogP contribution in [-0.4, -0.2) is 43.7 Å². The first-order valence-electron chi connectivity index (χ1n) is 9.35. The van der Waals surface area contributed by atoms with E-state index in [2.05, 4.69) is 20.3 Å². The maximum Gasteiger partial charge on any atom is 0.252 e. The lowest BCUT2D eigenvalue weighted by Crippen LogP contribution is -2.31. The van der Waals surface area contributed by atoms with Gasteiger partial charge in [0.1, 0.15) is 5.52 Å². The summed E-state index contributed by atoms with van der Waals surface area (Å²) in [7, 11) is 0. The third-order valence-electron chi connectivity index (χ3n) is 4.66. The van der Waals surface area contributed by atoms with Crippen molar-refractivity contribution in [1.29, 1.82) is 0 Å². The third kappa shape index (κ3) is 4.67. The predicted octanol–water partition coefficient (Wildman–Crippen LogP) is 2.52. The van der Waals surface area contributed by atoms with Crippen LogP contribution in [0.1, 0.15) is 20.9 Å². The van der Waals surface area contributed by atoms with Gasteiger partial charge in [-0.3, -0.25) is 9.78 Å². The Morgan fingerprint density at radius 3 is 2.90 bits per heavy atom. The summed E-state index contributed by atoms with van der Waals surface area (Å²) in [5, 5.41) is 14.5.